The lowest BCUT2D eigenvalue weighted by molar-refractivity contribution is 0.162. The van der Waals surface area contributed by atoms with Gasteiger partial charge in [0.05, 0.1) is 13.7 Å². The van der Waals surface area contributed by atoms with Crippen LogP contribution in [0.25, 0.3) is 0 Å². The predicted molar refractivity (Wildman–Crippen MR) is 106 cm³/mol. The molecule has 7 heteroatoms. The van der Waals surface area contributed by atoms with E-state index in [9.17, 15) is 0 Å². The van der Waals surface area contributed by atoms with E-state index in [4.69, 9.17) is 9.47 Å². The van der Waals surface area contributed by atoms with Gasteiger partial charge in [0.25, 0.3) is 0 Å². The molecule has 0 radical (unpaired) electrons. The van der Waals surface area contributed by atoms with Gasteiger partial charge in [-0.3, -0.25) is 4.99 Å². The van der Waals surface area contributed by atoms with E-state index in [0.717, 1.165) is 43.5 Å². The Morgan fingerprint density at radius 2 is 1.91 bits per heavy atom. The van der Waals surface area contributed by atoms with E-state index in [1.807, 2.05) is 24.3 Å². The zero-order valence-electron chi connectivity index (χ0n) is 14.5. The van der Waals surface area contributed by atoms with Gasteiger partial charge in [0, 0.05) is 45.9 Å². The molecule has 132 valence electrons. The van der Waals surface area contributed by atoms with Gasteiger partial charge in [-0.25, -0.2) is 0 Å². The summed E-state index contributed by atoms with van der Waals surface area (Å²) >= 11 is 0. The molecule has 0 saturated heterocycles. The number of nitrogens with zero attached hydrogens (tertiary/aromatic N) is 2. The Hall–Kier alpha value is -1.06. The van der Waals surface area contributed by atoms with Gasteiger partial charge in [0.2, 0.25) is 0 Å². The standard InChI is InChI=1S/C16H28N4O2.HI/c1-17-16(18-9-10-20(2)11-12-21-3)19-13-14-7-5-6-8-15(14)22-4;/h5-8H,9-13H2,1-4H3,(H2,17,18,19);1H. The number of methoxy groups -OCH3 is 2. The van der Waals surface area contributed by atoms with Gasteiger partial charge < -0.3 is 25.0 Å². The molecular formula is C16H29IN4O2. The molecule has 0 atom stereocenters. The molecule has 0 heterocycles. The molecule has 0 amide bonds. The molecule has 0 spiro atoms. The van der Waals surface area contributed by atoms with Crippen molar-refractivity contribution in [3.63, 3.8) is 0 Å². The summed E-state index contributed by atoms with van der Waals surface area (Å²) < 4.78 is 10.4. The third-order valence-electron chi connectivity index (χ3n) is 3.33. The average molecular weight is 436 g/mol. The van der Waals surface area contributed by atoms with Gasteiger partial charge in [-0.2, -0.15) is 0 Å². The van der Waals surface area contributed by atoms with Crippen molar-refractivity contribution in [1.82, 2.24) is 15.5 Å². The summed E-state index contributed by atoms with van der Waals surface area (Å²) in [4.78, 5) is 6.44. The summed E-state index contributed by atoms with van der Waals surface area (Å²) in [7, 11) is 7.25. The van der Waals surface area contributed by atoms with Gasteiger partial charge in [-0.05, 0) is 13.1 Å². The van der Waals surface area contributed by atoms with Crippen LogP contribution in [-0.4, -0.2) is 65.4 Å². The van der Waals surface area contributed by atoms with Crippen LogP contribution in [0.1, 0.15) is 5.56 Å². The Balaban J connectivity index is 0.00000484. The Labute approximate surface area is 156 Å². The highest BCUT2D eigenvalue weighted by atomic mass is 127. The Bertz CT molecular complexity index is 457. The van der Waals surface area contributed by atoms with E-state index in [-0.39, 0.29) is 24.0 Å². The molecule has 0 unspecified atom stereocenters. The number of hydrogen-bond donors (Lipinski definition) is 2. The van der Waals surface area contributed by atoms with E-state index in [2.05, 4.69) is 27.6 Å². The number of guanidine groups is 1. The Morgan fingerprint density at radius 1 is 1.17 bits per heavy atom. The molecule has 0 fully saturated rings. The predicted octanol–water partition coefficient (Wildman–Crippen LogP) is 1.56. The Kier molecular flexibility index (Phi) is 12.8. The van der Waals surface area contributed by atoms with Crippen LogP contribution >= 0.6 is 24.0 Å². The Morgan fingerprint density at radius 3 is 2.57 bits per heavy atom. The van der Waals surface area contributed by atoms with Crippen molar-refractivity contribution in [1.29, 1.82) is 0 Å². The fraction of sp³-hybridized carbons (Fsp3) is 0.562. The molecule has 0 saturated carbocycles. The second kappa shape index (κ2) is 13.4. The number of ether oxygens (including phenoxy) is 2. The number of likely N-dealkylation sites (N-methyl/N-ethyl adjacent to an activating group) is 1. The third-order valence-corrected chi connectivity index (χ3v) is 3.33. The van der Waals surface area contributed by atoms with Gasteiger partial charge >= 0.3 is 0 Å². The zero-order valence-corrected chi connectivity index (χ0v) is 16.8. The second-order valence-electron chi connectivity index (χ2n) is 4.96. The molecule has 0 aliphatic heterocycles. The first-order valence-corrected chi connectivity index (χ1v) is 7.45. The fourth-order valence-electron chi connectivity index (χ4n) is 1.97. The van der Waals surface area contributed by atoms with Crippen LogP contribution in [-0.2, 0) is 11.3 Å². The molecule has 1 aromatic rings. The van der Waals surface area contributed by atoms with E-state index in [0.29, 0.717) is 6.54 Å². The number of hydrogen-bond acceptors (Lipinski definition) is 4. The monoisotopic (exact) mass is 436 g/mol. The molecule has 0 aromatic heterocycles. The van der Waals surface area contributed by atoms with Crippen LogP contribution in [0.2, 0.25) is 0 Å². The van der Waals surface area contributed by atoms with Crippen molar-refractivity contribution < 1.29 is 9.47 Å². The summed E-state index contributed by atoms with van der Waals surface area (Å²) in [5, 5.41) is 6.59. The number of benzene rings is 1. The van der Waals surface area contributed by atoms with E-state index < -0.39 is 0 Å². The molecule has 0 bridgehead atoms. The van der Waals surface area contributed by atoms with Crippen LogP contribution in [0.5, 0.6) is 5.75 Å². The molecule has 1 rings (SSSR count). The largest absolute Gasteiger partial charge is 0.496 e. The first kappa shape index (κ1) is 21.9. The minimum Gasteiger partial charge on any atom is -0.496 e. The summed E-state index contributed by atoms with van der Waals surface area (Å²) in [6.07, 6.45) is 0. The van der Waals surface area contributed by atoms with E-state index in [1.165, 1.54) is 0 Å². The van der Waals surface area contributed by atoms with E-state index in [1.54, 1.807) is 21.3 Å². The SMILES string of the molecule is CN=C(NCCN(C)CCOC)NCc1ccccc1OC.I. The van der Waals surface area contributed by atoms with Crippen LogP contribution in [0.4, 0.5) is 0 Å². The lowest BCUT2D eigenvalue weighted by Gasteiger charge is -2.18. The number of halogens is 1. The summed E-state index contributed by atoms with van der Waals surface area (Å²) in [5.74, 6) is 1.66. The quantitative estimate of drug-likeness (QED) is 0.350. The minimum atomic E-state index is 0. The van der Waals surface area contributed by atoms with Crippen molar-refractivity contribution >= 4 is 29.9 Å². The van der Waals surface area contributed by atoms with Crippen LogP contribution in [0.3, 0.4) is 0 Å². The smallest absolute Gasteiger partial charge is 0.191 e. The maximum Gasteiger partial charge on any atom is 0.191 e. The number of rotatable bonds is 9. The first-order chi connectivity index (χ1) is 10.7. The van der Waals surface area contributed by atoms with Gasteiger partial charge in [-0.15, -0.1) is 24.0 Å². The maximum atomic E-state index is 5.34. The zero-order chi connectivity index (χ0) is 16.2. The van der Waals surface area contributed by atoms with Crippen molar-refractivity contribution in [2.24, 2.45) is 4.99 Å². The highest BCUT2D eigenvalue weighted by Crippen LogP contribution is 2.16. The molecule has 0 aliphatic carbocycles. The van der Waals surface area contributed by atoms with Gasteiger partial charge in [0.15, 0.2) is 5.96 Å². The van der Waals surface area contributed by atoms with Crippen molar-refractivity contribution in [3.05, 3.63) is 29.8 Å². The highest BCUT2D eigenvalue weighted by molar-refractivity contribution is 14.0. The lowest BCUT2D eigenvalue weighted by atomic mass is 10.2. The third kappa shape index (κ3) is 8.97. The van der Waals surface area contributed by atoms with Crippen molar-refractivity contribution in [2.75, 3.05) is 54.6 Å². The maximum absolute atomic E-state index is 5.34. The first-order valence-electron chi connectivity index (χ1n) is 7.45. The molecule has 0 aliphatic rings. The van der Waals surface area contributed by atoms with Gasteiger partial charge in [0.1, 0.15) is 5.75 Å². The lowest BCUT2D eigenvalue weighted by Crippen LogP contribution is -2.41. The average Bonchev–Trinajstić information content (AvgIpc) is 2.56. The van der Waals surface area contributed by atoms with Crippen molar-refractivity contribution in [3.8, 4) is 5.75 Å². The molecule has 1 aromatic carbocycles. The van der Waals surface area contributed by atoms with Crippen LogP contribution in [0, 0.1) is 0 Å². The highest BCUT2D eigenvalue weighted by Gasteiger charge is 2.03. The van der Waals surface area contributed by atoms with Crippen LogP contribution < -0.4 is 15.4 Å². The topological polar surface area (TPSA) is 58.1 Å². The van der Waals surface area contributed by atoms with Crippen molar-refractivity contribution in [2.45, 2.75) is 6.54 Å². The molecular weight excluding hydrogens is 407 g/mol. The number of aliphatic imine (C=N–C) groups is 1. The fourth-order valence-corrected chi connectivity index (χ4v) is 1.97. The normalized spacial score (nSPS) is 11.1. The second-order valence-corrected chi connectivity index (χ2v) is 4.96. The summed E-state index contributed by atoms with van der Waals surface area (Å²) in [5.41, 5.74) is 1.10. The summed E-state index contributed by atoms with van der Waals surface area (Å²) in [6, 6.07) is 7.96. The molecule has 23 heavy (non-hydrogen) atoms. The molecule has 2 N–H and O–H groups in total. The molecule has 6 nitrogen and oxygen atoms in total. The number of para-hydroxylation sites is 1. The van der Waals surface area contributed by atoms with E-state index >= 15 is 0 Å². The summed E-state index contributed by atoms with van der Waals surface area (Å²) in [6.45, 7) is 4.09. The number of nitrogens with one attached hydrogen (secondary N) is 2. The minimum absolute atomic E-state index is 0. The van der Waals surface area contributed by atoms with Crippen LogP contribution in [0.15, 0.2) is 29.3 Å². The van der Waals surface area contributed by atoms with Gasteiger partial charge in [-0.1, -0.05) is 18.2 Å².